The monoisotopic (exact) mass is 339 g/mol. The molecule has 2 rings (SSSR count). The number of para-hydroxylation sites is 1. The molecule has 2 aromatic rings. The molecule has 0 aliphatic heterocycles. The van der Waals surface area contributed by atoms with E-state index in [1.807, 2.05) is 12.1 Å². The van der Waals surface area contributed by atoms with Gasteiger partial charge < -0.3 is 14.8 Å². The fraction of sp³-hybridized carbons (Fsp3) is 0.200. The lowest BCUT2D eigenvalue weighted by Crippen LogP contribution is -2.15. The minimum atomic E-state index is -0.428. The first kappa shape index (κ1) is 18.3. The second kappa shape index (κ2) is 8.68. The van der Waals surface area contributed by atoms with E-state index in [4.69, 9.17) is 9.47 Å². The highest BCUT2D eigenvalue weighted by Crippen LogP contribution is 2.21. The van der Waals surface area contributed by atoms with Crippen LogP contribution in [0, 0.1) is 0 Å². The van der Waals surface area contributed by atoms with E-state index in [-0.39, 0.29) is 12.4 Å². The Morgan fingerprint density at radius 1 is 1.12 bits per heavy atom. The van der Waals surface area contributed by atoms with Gasteiger partial charge in [-0.25, -0.2) is 4.79 Å². The number of hydrogen-bond donors (Lipinski definition) is 1. The smallest absolute Gasteiger partial charge is 0.333 e. The van der Waals surface area contributed by atoms with Gasteiger partial charge in [0, 0.05) is 28.9 Å². The van der Waals surface area contributed by atoms with Crippen LogP contribution in [0.3, 0.4) is 0 Å². The quantitative estimate of drug-likeness (QED) is 0.345. The Kier molecular flexibility index (Phi) is 6.34. The van der Waals surface area contributed by atoms with E-state index >= 15 is 0 Å². The highest BCUT2D eigenvalue weighted by molar-refractivity contribution is 6.12. The Labute approximate surface area is 147 Å². The first-order chi connectivity index (χ1) is 12.0. The maximum atomic E-state index is 12.8. The highest BCUT2D eigenvalue weighted by atomic mass is 16.5. The average molecular weight is 339 g/mol. The molecule has 0 aromatic heterocycles. The third kappa shape index (κ3) is 4.94. The first-order valence-corrected chi connectivity index (χ1v) is 7.87. The summed E-state index contributed by atoms with van der Waals surface area (Å²) >= 11 is 0. The summed E-state index contributed by atoms with van der Waals surface area (Å²) in [5.74, 6) is 0.0893. The molecule has 0 aliphatic rings. The lowest BCUT2D eigenvalue weighted by Gasteiger charge is -2.12. The number of methoxy groups -OCH3 is 1. The van der Waals surface area contributed by atoms with Crippen molar-refractivity contribution in [3.63, 3.8) is 0 Å². The van der Waals surface area contributed by atoms with Gasteiger partial charge in [-0.05, 0) is 31.2 Å². The molecule has 5 heteroatoms. The van der Waals surface area contributed by atoms with E-state index in [0.717, 1.165) is 0 Å². The van der Waals surface area contributed by atoms with Crippen molar-refractivity contribution in [3.05, 3.63) is 71.8 Å². The fourth-order valence-electron chi connectivity index (χ4n) is 2.21. The molecule has 25 heavy (non-hydrogen) atoms. The molecule has 5 nitrogen and oxygen atoms in total. The average Bonchev–Trinajstić information content (AvgIpc) is 2.64. The van der Waals surface area contributed by atoms with Crippen LogP contribution in [0.15, 0.2) is 60.7 Å². The van der Waals surface area contributed by atoms with Crippen LogP contribution >= 0.6 is 0 Å². The number of benzene rings is 2. The number of rotatable bonds is 8. The molecule has 0 saturated heterocycles. The second-order valence-corrected chi connectivity index (χ2v) is 5.45. The van der Waals surface area contributed by atoms with Crippen LogP contribution in [-0.2, 0) is 9.53 Å². The predicted molar refractivity (Wildman–Crippen MR) is 97.1 cm³/mol. The summed E-state index contributed by atoms with van der Waals surface area (Å²) in [5.41, 5.74) is 2.12. The Bertz CT molecular complexity index is 783. The van der Waals surface area contributed by atoms with Crippen LogP contribution in [0.5, 0.6) is 5.75 Å². The summed E-state index contributed by atoms with van der Waals surface area (Å²) in [4.78, 5) is 24.1. The lowest BCUT2D eigenvalue weighted by atomic mass is 10.0. The number of ether oxygens (including phenoxy) is 2. The lowest BCUT2D eigenvalue weighted by molar-refractivity contribution is -0.138. The van der Waals surface area contributed by atoms with Crippen molar-refractivity contribution in [2.75, 3.05) is 25.6 Å². The normalized spacial score (nSPS) is 10.0. The van der Waals surface area contributed by atoms with Gasteiger partial charge in [0.05, 0.1) is 7.11 Å². The molecule has 0 amide bonds. The van der Waals surface area contributed by atoms with Crippen LogP contribution in [0.1, 0.15) is 22.8 Å². The summed E-state index contributed by atoms with van der Waals surface area (Å²) in [6, 6.07) is 14.2. The molecule has 130 valence electrons. The second-order valence-electron chi connectivity index (χ2n) is 5.45. The number of carbonyl (C=O) groups excluding carboxylic acids is 2. The van der Waals surface area contributed by atoms with Crippen LogP contribution in [-0.4, -0.2) is 32.0 Å². The third-order valence-electron chi connectivity index (χ3n) is 3.50. The zero-order valence-electron chi connectivity index (χ0n) is 14.4. The van der Waals surface area contributed by atoms with E-state index in [0.29, 0.717) is 34.7 Å². The van der Waals surface area contributed by atoms with Crippen molar-refractivity contribution in [3.8, 4) is 5.75 Å². The van der Waals surface area contributed by atoms with Crippen molar-refractivity contribution in [2.24, 2.45) is 0 Å². The SMILES string of the molecule is C=C(C)C(=O)OCCNc1ccccc1C(=O)c1cccc(OC)c1. The number of anilines is 1. The molecule has 0 bridgehead atoms. The molecule has 0 radical (unpaired) electrons. The van der Waals surface area contributed by atoms with E-state index in [2.05, 4.69) is 11.9 Å². The molecule has 0 fully saturated rings. The molecule has 0 atom stereocenters. The van der Waals surface area contributed by atoms with E-state index in [1.54, 1.807) is 50.4 Å². The van der Waals surface area contributed by atoms with Crippen molar-refractivity contribution in [1.29, 1.82) is 0 Å². The highest BCUT2D eigenvalue weighted by Gasteiger charge is 2.14. The van der Waals surface area contributed by atoms with Gasteiger partial charge in [0.25, 0.3) is 0 Å². The predicted octanol–water partition coefficient (Wildman–Crippen LogP) is 3.46. The van der Waals surface area contributed by atoms with Gasteiger partial charge in [0.1, 0.15) is 12.4 Å². The topological polar surface area (TPSA) is 64.6 Å². The van der Waals surface area contributed by atoms with Crippen LogP contribution in [0.4, 0.5) is 5.69 Å². The number of hydrogen-bond acceptors (Lipinski definition) is 5. The van der Waals surface area contributed by atoms with E-state index < -0.39 is 5.97 Å². The van der Waals surface area contributed by atoms with Crippen molar-refractivity contribution in [1.82, 2.24) is 0 Å². The van der Waals surface area contributed by atoms with Gasteiger partial charge >= 0.3 is 5.97 Å². The third-order valence-corrected chi connectivity index (χ3v) is 3.50. The maximum Gasteiger partial charge on any atom is 0.333 e. The van der Waals surface area contributed by atoms with Gasteiger partial charge in [-0.2, -0.15) is 0 Å². The molecule has 0 spiro atoms. The summed E-state index contributed by atoms with van der Waals surface area (Å²) in [6.45, 7) is 5.70. The van der Waals surface area contributed by atoms with Crippen molar-refractivity contribution >= 4 is 17.4 Å². The Balaban J connectivity index is 2.08. The van der Waals surface area contributed by atoms with Gasteiger partial charge in [-0.1, -0.05) is 30.8 Å². The van der Waals surface area contributed by atoms with Crippen molar-refractivity contribution in [2.45, 2.75) is 6.92 Å². The summed E-state index contributed by atoms with van der Waals surface area (Å²) in [5, 5.41) is 3.13. The number of ketones is 1. The summed E-state index contributed by atoms with van der Waals surface area (Å²) in [7, 11) is 1.56. The molecular weight excluding hydrogens is 318 g/mol. The zero-order chi connectivity index (χ0) is 18.2. The van der Waals surface area contributed by atoms with E-state index in [1.165, 1.54) is 0 Å². The van der Waals surface area contributed by atoms with Crippen LogP contribution in [0.25, 0.3) is 0 Å². The van der Waals surface area contributed by atoms with E-state index in [9.17, 15) is 9.59 Å². The molecule has 0 aliphatic carbocycles. The minimum Gasteiger partial charge on any atom is -0.497 e. The molecular formula is C20H21NO4. The first-order valence-electron chi connectivity index (χ1n) is 7.87. The minimum absolute atomic E-state index is 0.110. The molecule has 0 unspecified atom stereocenters. The summed E-state index contributed by atoms with van der Waals surface area (Å²) in [6.07, 6.45) is 0. The zero-order valence-corrected chi connectivity index (χ0v) is 14.4. The number of esters is 1. The molecule has 0 saturated carbocycles. The van der Waals surface area contributed by atoms with Gasteiger partial charge in [0.2, 0.25) is 0 Å². The number of carbonyl (C=O) groups is 2. The van der Waals surface area contributed by atoms with Crippen LogP contribution < -0.4 is 10.1 Å². The van der Waals surface area contributed by atoms with Crippen molar-refractivity contribution < 1.29 is 19.1 Å². The standard InChI is InChI=1S/C20H21NO4/c1-14(2)20(23)25-12-11-21-18-10-5-4-9-17(18)19(22)15-7-6-8-16(13-15)24-3/h4-10,13,21H,1,11-12H2,2-3H3. The van der Waals surface area contributed by atoms with Gasteiger partial charge in [0.15, 0.2) is 5.78 Å². The maximum absolute atomic E-state index is 12.8. The molecule has 2 aromatic carbocycles. The summed E-state index contributed by atoms with van der Waals surface area (Å²) < 4.78 is 10.2. The Hall–Kier alpha value is -3.08. The number of nitrogens with one attached hydrogen (secondary N) is 1. The molecule has 1 N–H and O–H groups in total. The Morgan fingerprint density at radius 3 is 2.60 bits per heavy atom. The Morgan fingerprint density at radius 2 is 1.88 bits per heavy atom. The fourth-order valence-corrected chi connectivity index (χ4v) is 2.21. The van der Waals surface area contributed by atoms with Gasteiger partial charge in [-0.15, -0.1) is 0 Å². The van der Waals surface area contributed by atoms with Gasteiger partial charge in [-0.3, -0.25) is 4.79 Å². The van der Waals surface area contributed by atoms with Crippen LogP contribution in [0.2, 0.25) is 0 Å². The largest absolute Gasteiger partial charge is 0.497 e. The molecule has 0 heterocycles.